The van der Waals surface area contributed by atoms with Gasteiger partial charge in [0.15, 0.2) is 5.96 Å². The van der Waals surface area contributed by atoms with Crippen LogP contribution in [-0.4, -0.2) is 64.0 Å². The molecular weight excluding hydrogens is 405 g/mol. The molecule has 0 aromatic rings. The number of piperidine rings is 1. The molecule has 2 atom stereocenters. The number of hydrogen-bond acceptors (Lipinski definition) is 3. The Hall–Kier alpha value is -0.0800. The molecule has 1 heterocycles. The third-order valence-electron chi connectivity index (χ3n) is 3.89. The van der Waals surface area contributed by atoms with Crippen molar-refractivity contribution in [3.8, 4) is 0 Å². The predicted molar refractivity (Wildman–Crippen MR) is 108 cm³/mol. The number of halogens is 1. The fourth-order valence-electron chi connectivity index (χ4n) is 3.01. The van der Waals surface area contributed by atoms with Gasteiger partial charge in [-0.1, -0.05) is 13.8 Å². The first-order valence-corrected chi connectivity index (χ1v) is 8.77. The molecule has 1 aliphatic rings. The van der Waals surface area contributed by atoms with Gasteiger partial charge in [0.05, 0.1) is 13.2 Å². The summed E-state index contributed by atoms with van der Waals surface area (Å²) in [6.45, 7) is 13.0. The maximum atomic E-state index is 5.47. The van der Waals surface area contributed by atoms with Crippen molar-refractivity contribution in [3.05, 3.63) is 0 Å². The highest BCUT2D eigenvalue weighted by Gasteiger charge is 2.23. The molecule has 1 aliphatic heterocycles. The second kappa shape index (κ2) is 14.3. The molecule has 23 heavy (non-hydrogen) atoms. The van der Waals surface area contributed by atoms with Gasteiger partial charge in [-0.05, 0) is 38.0 Å². The number of guanidine groups is 1. The lowest BCUT2D eigenvalue weighted by atomic mass is 9.92. The number of nitrogens with one attached hydrogen (secondary N) is 1. The summed E-state index contributed by atoms with van der Waals surface area (Å²) in [4.78, 5) is 7.22. The Morgan fingerprint density at radius 2 is 1.83 bits per heavy atom. The fraction of sp³-hybridized carbons (Fsp3) is 0.941. The summed E-state index contributed by atoms with van der Waals surface area (Å²) in [5.41, 5.74) is 0. The molecule has 1 N–H and O–H groups in total. The van der Waals surface area contributed by atoms with Gasteiger partial charge in [-0.3, -0.25) is 4.99 Å². The average Bonchev–Trinajstić information content (AvgIpc) is 2.48. The fourth-order valence-corrected chi connectivity index (χ4v) is 3.01. The minimum Gasteiger partial charge on any atom is -0.382 e. The van der Waals surface area contributed by atoms with E-state index in [9.17, 15) is 0 Å². The van der Waals surface area contributed by atoms with E-state index in [0.29, 0.717) is 13.2 Å². The number of hydrogen-bond donors (Lipinski definition) is 1. The average molecular weight is 441 g/mol. The first kappa shape index (κ1) is 22.9. The summed E-state index contributed by atoms with van der Waals surface area (Å²) in [5, 5.41) is 3.44. The van der Waals surface area contributed by atoms with Crippen LogP contribution in [0.2, 0.25) is 0 Å². The van der Waals surface area contributed by atoms with Gasteiger partial charge in [0.25, 0.3) is 0 Å². The highest BCUT2D eigenvalue weighted by atomic mass is 127. The molecule has 0 bridgehead atoms. The van der Waals surface area contributed by atoms with Gasteiger partial charge in [-0.2, -0.15) is 0 Å². The molecule has 138 valence electrons. The van der Waals surface area contributed by atoms with Crippen molar-refractivity contribution in [1.82, 2.24) is 10.2 Å². The van der Waals surface area contributed by atoms with Crippen molar-refractivity contribution in [2.75, 3.05) is 53.1 Å². The van der Waals surface area contributed by atoms with Crippen LogP contribution in [0.15, 0.2) is 4.99 Å². The summed E-state index contributed by atoms with van der Waals surface area (Å²) in [5.74, 6) is 2.59. The summed E-state index contributed by atoms with van der Waals surface area (Å²) in [7, 11) is 1.70. The Kier molecular flexibility index (Phi) is 14.2. The van der Waals surface area contributed by atoms with E-state index in [1.807, 2.05) is 0 Å². The number of methoxy groups -OCH3 is 1. The highest BCUT2D eigenvalue weighted by molar-refractivity contribution is 14.0. The van der Waals surface area contributed by atoms with E-state index in [1.165, 1.54) is 6.42 Å². The van der Waals surface area contributed by atoms with Gasteiger partial charge in [0.2, 0.25) is 0 Å². The van der Waals surface area contributed by atoms with Gasteiger partial charge >= 0.3 is 0 Å². The van der Waals surface area contributed by atoms with Crippen molar-refractivity contribution in [2.45, 2.75) is 40.0 Å². The summed E-state index contributed by atoms with van der Waals surface area (Å²) in [6, 6.07) is 0. The first-order valence-electron chi connectivity index (χ1n) is 8.77. The van der Waals surface area contributed by atoms with Crippen LogP contribution >= 0.6 is 24.0 Å². The molecule has 1 saturated heterocycles. The summed E-state index contributed by atoms with van der Waals surface area (Å²) in [6.07, 6.45) is 3.45. The molecule has 0 radical (unpaired) electrons. The molecule has 5 nitrogen and oxygen atoms in total. The van der Waals surface area contributed by atoms with E-state index in [1.54, 1.807) is 7.11 Å². The number of likely N-dealkylation sites (tertiary alicyclic amines) is 1. The number of ether oxygens (including phenoxy) is 2. The van der Waals surface area contributed by atoms with Crippen molar-refractivity contribution >= 4 is 29.9 Å². The lowest BCUT2D eigenvalue weighted by Crippen LogP contribution is -2.48. The van der Waals surface area contributed by atoms with Crippen molar-refractivity contribution in [2.24, 2.45) is 16.8 Å². The Labute approximate surface area is 159 Å². The van der Waals surface area contributed by atoms with E-state index in [4.69, 9.17) is 14.5 Å². The molecule has 1 fully saturated rings. The number of unbranched alkanes of at least 4 members (excludes halogenated alkanes) is 1. The largest absolute Gasteiger partial charge is 0.382 e. The van der Waals surface area contributed by atoms with Gasteiger partial charge in [-0.25, -0.2) is 0 Å². The normalized spacial score (nSPS) is 21.9. The molecule has 0 aliphatic carbocycles. The number of aliphatic imine (C=N–C) groups is 1. The van der Waals surface area contributed by atoms with Gasteiger partial charge < -0.3 is 19.7 Å². The molecule has 2 unspecified atom stereocenters. The zero-order valence-electron chi connectivity index (χ0n) is 15.3. The minimum absolute atomic E-state index is 0. The number of rotatable bonds is 9. The first-order chi connectivity index (χ1) is 10.7. The molecule has 0 aromatic carbocycles. The molecule has 1 rings (SSSR count). The Morgan fingerprint density at radius 3 is 2.43 bits per heavy atom. The van der Waals surface area contributed by atoms with Crippen LogP contribution in [0.3, 0.4) is 0 Å². The van der Waals surface area contributed by atoms with Crippen LogP contribution in [0.25, 0.3) is 0 Å². The molecule has 6 heteroatoms. The van der Waals surface area contributed by atoms with Crippen molar-refractivity contribution in [1.29, 1.82) is 0 Å². The van der Waals surface area contributed by atoms with Gasteiger partial charge in [0, 0.05) is 39.9 Å². The second-order valence-electron chi connectivity index (χ2n) is 6.40. The third kappa shape index (κ3) is 10.4. The quantitative estimate of drug-likeness (QED) is 0.259. The number of nitrogens with zero attached hydrogens (tertiary/aromatic N) is 2. The van der Waals surface area contributed by atoms with Crippen LogP contribution in [0.4, 0.5) is 0 Å². The Morgan fingerprint density at radius 1 is 1.13 bits per heavy atom. The molecule has 0 spiro atoms. The van der Waals surface area contributed by atoms with Crippen LogP contribution in [0.5, 0.6) is 0 Å². The van der Waals surface area contributed by atoms with Gasteiger partial charge in [0.1, 0.15) is 0 Å². The highest BCUT2D eigenvalue weighted by Crippen LogP contribution is 2.20. The maximum Gasteiger partial charge on any atom is 0.193 e. The van der Waals surface area contributed by atoms with Crippen molar-refractivity contribution < 1.29 is 9.47 Å². The van der Waals surface area contributed by atoms with Crippen LogP contribution < -0.4 is 5.32 Å². The monoisotopic (exact) mass is 441 g/mol. The third-order valence-corrected chi connectivity index (χ3v) is 3.89. The summed E-state index contributed by atoms with van der Waals surface area (Å²) >= 11 is 0. The summed E-state index contributed by atoms with van der Waals surface area (Å²) < 4.78 is 10.4. The molecule has 0 aromatic heterocycles. The standard InChI is InChI=1S/C17H35N3O2.HI/c1-5-18-17(20-13-15(2)12-16(3)14-20)19-8-6-7-9-22-11-10-21-4;/h15-16H,5-14H2,1-4H3,(H,18,19);1H. The van der Waals surface area contributed by atoms with E-state index >= 15 is 0 Å². The molecule has 0 saturated carbocycles. The van der Waals surface area contributed by atoms with E-state index in [0.717, 1.165) is 63.4 Å². The minimum atomic E-state index is 0. The predicted octanol–water partition coefficient (Wildman–Crippen LogP) is 2.99. The van der Waals surface area contributed by atoms with E-state index < -0.39 is 0 Å². The smallest absolute Gasteiger partial charge is 0.193 e. The Bertz CT molecular complexity index is 306. The van der Waals surface area contributed by atoms with Crippen LogP contribution in [0, 0.1) is 11.8 Å². The lowest BCUT2D eigenvalue weighted by Gasteiger charge is -2.37. The van der Waals surface area contributed by atoms with Crippen molar-refractivity contribution in [3.63, 3.8) is 0 Å². The van der Waals surface area contributed by atoms with Crippen LogP contribution in [0.1, 0.15) is 40.0 Å². The topological polar surface area (TPSA) is 46.1 Å². The molecule has 0 amide bonds. The van der Waals surface area contributed by atoms with Crippen LogP contribution in [-0.2, 0) is 9.47 Å². The van der Waals surface area contributed by atoms with Gasteiger partial charge in [-0.15, -0.1) is 24.0 Å². The van der Waals surface area contributed by atoms with E-state index in [2.05, 4.69) is 31.0 Å². The Balaban J connectivity index is 0.00000484. The second-order valence-corrected chi connectivity index (χ2v) is 6.40. The zero-order valence-corrected chi connectivity index (χ0v) is 17.7. The molecular formula is C17H36IN3O2. The zero-order chi connectivity index (χ0) is 16.2. The van der Waals surface area contributed by atoms with E-state index in [-0.39, 0.29) is 24.0 Å². The maximum absolute atomic E-state index is 5.47. The lowest BCUT2D eigenvalue weighted by molar-refractivity contribution is 0.0690. The SMILES string of the molecule is CCNC(=NCCCCOCCOC)N1CC(C)CC(C)C1.I.